The molecule has 0 fully saturated rings. The maximum absolute atomic E-state index is 12.5. The average Bonchev–Trinajstić information content (AvgIpc) is 3.18. The Labute approximate surface area is 150 Å². The Morgan fingerprint density at radius 2 is 1.96 bits per heavy atom. The second-order valence-electron chi connectivity index (χ2n) is 5.74. The van der Waals surface area contributed by atoms with E-state index in [4.69, 9.17) is 11.6 Å². The van der Waals surface area contributed by atoms with E-state index in [1.54, 1.807) is 20.9 Å². The standard InChI is InChI=1S/C18H18ClN3OS/c1-12-17(19)13(2)22(20-12)16-6-4-15(5-7-16)18(23)21(3)10-14-8-9-24-11-14/h4-9,11H,10H2,1-3H3. The zero-order chi connectivity index (χ0) is 17.3. The van der Waals surface area contributed by atoms with Gasteiger partial charge in [-0.25, -0.2) is 4.68 Å². The third-order valence-electron chi connectivity index (χ3n) is 3.91. The molecule has 4 nitrogen and oxygen atoms in total. The Morgan fingerprint density at radius 3 is 2.50 bits per heavy atom. The number of carbonyl (C=O) groups is 1. The van der Waals surface area contributed by atoms with Crippen molar-refractivity contribution in [1.82, 2.24) is 14.7 Å². The fourth-order valence-electron chi connectivity index (χ4n) is 2.57. The van der Waals surface area contributed by atoms with E-state index >= 15 is 0 Å². The molecule has 0 atom stereocenters. The number of rotatable bonds is 4. The van der Waals surface area contributed by atoms with Gasteiger partial charge in [-0.2, -0.15) is 16.4 Å². The zero-order valence-corrected chi connectivity index (χ0v) is 15.4. The van der Waals surface area contributed by atoms with E-state index in [0.717, 1.165) is 22.6 Å². The highest BCUT2D eigenvalue weighted by Gasteiger charge is 2.14. The Morgan fingerprint density at radius 1 is 1.25 bits per heavy atom. The van der Waals surface area contributed by atoms with Gasteiger partial charge in [-0.1, -0.05) is 11.6 Å². The molecule has 0 aliphatic heterocycles. The SMILES string of the molecule is Cc1nn(-c2ccc(C(=O)N(C)Cc3ccsc3)cc2)c(C)c1Cl. The van der Waals surface area contributed by atoms with E-state index < -0.39 is 0 Å². The van der Waals surface area contributed by atoms with Crippen molar-refractivity contribution in [3.8, 4) is 5.69 Å². The minimum absolute atomic E-state index is 0.000787. The first-order valence-corrected chi connectivity index (χ1v) is 8.88. The first-order chi connectivity index (χ1) is 11.5. The van der Waals surface area contributed by atoms with Crippen LogP contribution in [-0.4, -0.2) is 27.6 Å². The molecule has 3 rings (SSSR count). The predicted molar refractivity (Wildman–Crippen MR) is 98.2 cm³/mol. The molecular weight excluding hydrogens is 342 g/mol. The molecule has 0 spiro atoms. The molecule has 3 aromatic rings. The normalized spacial score (nSPS) is 10.8. The minimum Gasteiger partial charge on any atom is -0.337 e. The Bertz CT molecular complexity index is 853. The maximum atomic E-state index is 12.5. The van der Waals surface area contributed by atoms with Crippen LogP contribution >= 0.6 is 22.9 Å². The number of aromatic nitrogens is 2. The van der Waals surface area contributed by atoms with E-state index in [2.05, 4.69) is 10.5 Å². The molecule has 1 amide bonds. The van der Waals surface area contributed by atoms with Crippen LogP contribution in [0.2, 0.25) is 5.02 Å². The van der Waals surface area contributed by atoms with E-state index in [1.807, 2.05) is 56.6 Å². The molecule has 124 valence electrons. The molecule has 2 aromatic heterocycles. The summed E-state index contributed by atoms with van der Waals surface area (Å²) in [7, 11) is 1.81. The molecule has 0 unspecified atom stereocenters. The largest absolute Gasteiger partial charge is 0.337 e. The first kappa shape index (κ1) is 16.7. The molecule has 0 saturated carbocycles. The summed E-state index contributed by atoms with van der Waals surface area (Å²) in [4.78, 5) is 14.2. The number of aryl methyl sites for hydroxylation is 1. The second-order valence-corrected chi connectivity index (χ2v) is 6.89. The number of benzene rings is 1. The lowest BCUT2D eigenvalue weighted by atomic mass is 10.1. The lowest BCUT2D eigenvalue weighted by molar-refractivity contribution is 0.0785. The monoisotopic (exact) mass is 359 g/mol. The number of carbonyl (C=O) groups excluding carboxylic acids is 1. The Balaban J connectivity index is 1.78. The second kappa shape index (κ2) is 6.79. The summed E-state index contributed by atoms with van der Waals surface area (Å²) < 4.78 is 1.79. The molecule has 0 aliphatic carbocycles. The van der Waals surface area contributed by atoms with E-state index in [-0.39, 0.29) is 5.91 Å². The topological polar surface area (TPSA) is 38.1 Å². The van der Waals surface area contributed by atoms with E-state index in [9.17, 15) is 4.79 Å². The minimum atomic E-state index is -0.000787. The Hall–Kier alpha value is -2.11. The van der Waals surface area contributed by atoms with Crippen LogP contribution in [0.4, 0.5) is 0 Å². The van der Waals surface area contributed by atoms with Gasteiger partial charge in [-0.3, -0.25) is 4.79 Å². The number of amides is 1. The summed E-state index contributed by atoms with van der Waals surface area (Å²) in [6.45, 7) is 4.41. The van der Waals surface area contributed by atoms with Crippen LogP contribution < -0.4 is 0 Å². The molecule has 0 radical (unpaired) electrons. The van der Waals surface area contributed by atoms with Gasteiger partial charge in [0.1, 0.15) is 0 Å². The van der Waals surface area contributed by atoms with Crippen molar-refractivity contribution < 1.29 is 4.79 Å². The summed E-state index contributed by atoms with van der Waals surface area (Å²) in [6, 6.07) is 9.46. The van der Waals surface area contributed by atoms with Gasteiger partial charge in [0.25, 0.3) is 5.91 Å². The van der Waals surface area contributed by atoms with Crippen molar-refractivity contribution in [3.63, 3.8) is 0 Å². The molecular formula is C18H18ClN3OS. The van der Waals surface area contributed by atoms with E-state index in [1.165, 1.54) is 0 Å². The molecule has 2 heterocycles. The molecule has 0 bridgehead atoms. The van der Waals surface area contributed by atoms with Crippen molar-refractivity contribution in [2.75, 3.05) is 7.05 Å². The molecule has 0 saturated heterocycles. The quantitative estimate of drug-likeness (QED) is 0.689. The number of nitrogens with zero attached hydrogens (tertiary/aromatic N) is 3. The van der Waals surface area contributed by atoms with Gasteiger partial charge in [-0.05, 0) is 60.5 Å². The molecule has 1 aromatic carbocycles. The highest BCUT2D eigenvalue weighted by Crippen LogP contribution is 2.22. The predicted octanol–water partition coefficient (Wildman–Crippen LogP) is 4.48. The van der Waals surface area contributed by atoms with Crippen molar-refractivity contribution in [2.45, 2.75) is 20.4 Å². The van der Waals surface area contributed by atoms with Gasteiger partial charge in [0.05, 0.1) is 22.1 Å². The maximum Gasteiger partial charge on any atom is 0.253 e. The van der Waals surface area contributed by atoms with Crippen molar-refractivity contribution in [2.24, 2.45) is 0 Å². The van der Waals surface area contributed by atoms with Gasteiger partial charge in [0.15, 0.2) is 0 Å². The summed E-state index contributed by atoms with van der Waals surface area (Å²) in [6.07, 6.45) is 0. The summed E-state index contributed by atoms with van der Waals surface area (Å²) in [5, 5.41) is 9.17. The molecule has 6 heteroatoms. The van der Waals surface area contributed by atoms with Crippen molar-refractivity contribution in [3.05, 3.63) is 68.6 Å². The van der Waals surface area contributed by atoms with E-state index in [0.29, 0.717) is 17.1 Å². The van der Waals surface area contributed by atoms with Gasteiger partial charge >= 0.3 is 0 Å². The van der Waals surface area contributed by atoms with Crippen LogP contribution in [0.25, 0.3) is 5.69 Å². The highest BCUT2D eigenvalue weighted by atomic mass is 35.5. The number of halogens is 1. The molecule has 0 N–H and O–H groups in total. The third kappa shape index (κ3) is 3.23. The summed E-state index contributed by atoms with van der Waals surface area (Å²) >= 11 is 7.83. The van der Waals surface area contributed by atoms with Gasteiger partial charge < -0.3 is 4.90 Å². The van der Waals surface area contributed by atoms with Crippen LogP contribution in [0.1, 0.15) is 27.3 Å². The number of thiophene rings is 1. The van der Waals surface area contributed by atoms with Gasteiger partial charge in [0, 0.05) is 19.2 Å². The zero-order valence-electron chi connectivity index (χ0n) is 13.8. The lowest BCUT2D eigenvalue weighted by Crippen LogP contribution is -2.25. The van der Waals surface area contributed by atoms with Gasteiger partial charge in [-0.15, -0.1) is 0 Å². The molecule has 24 heavy (non-hydrogen) atoms. The smallest absolute Gasteiger partial charge is 0.253 e. The highest BCUT2D eigenvalue weighted by molar-refractivity contribution is 7.07. The van der Waals surface area contributed by atoms with Crippen LogP contribution in [0.3, 0.4) is 0 Å². The number of hydrogen-bond acceptors (Lipinski definition) is 3. The first-order valence-electron chi connectivity index (χ1n) is 7.56. The van der Waals surface area contributed by atoms with Crippen LogP contribution in [0.15, 0.2) is 41.1 Å². The van der Waals surface area contributed by atoms with Gasteiger partial charge in [0.2, 0.25) is 0 Å². The summed E-state index contributed by atoms with van der Waals surface area (Å²) in [5.74, 6) is -0.000787. The lowest BCUT2D eigenvalue weighted by Gasteiger charge is -2.16. The number of hydrogen-bond donors (Lipinski definition) is 0. The average molecular weight is 360 g/mol. The fourth-order valence-corrected chi connectivity index (χ4v) is 3.35. The van der Waals surface area contributed by atoms with Crippen LogP contribution in [0, 0.1) is 13.8 Å². The van der Waals surface area contributed by atoms with Crippen molar-refractivity contribution >= 4 is 28.8 Å². The Kier molecular flexibility index (Phi) is 4.73. The fraction of sp³-hybridized carbons (Fsp3) is 0.222. The van der Waals surface area contributed by atoms with Crippen LogP contribution in [-0.2, 0) is 6.54 Å². The molecule has 0 aliphatic rings. The third-order valence-corrected chi connectivity index (χ3v) is 5.19. The van der Waals surface area contributed by atoms with Crippen LogP contribution in [0.5, 0.6) is 0 Å². The van der Waals surface area contributed by atoms with Crippen molar-refractivity contribution in [1.29, 1.82) is 0 Å². The summed E-state index contributed by atoms with van der Waals surface area (Å²) in [5.41, 5.74) is 4.38.